The zero-order valence-electron chi connectivity index (χ0n) is 12.3. The molecule has 3 N–H and O–H groups in total. The summed E-state index contributed by atoms with van der Waals surface area (Å²) in [6.45, 7) is 8.82. The van der Waals surface area contributed by atoms with Gasteiger partial charge >= 0.3 is 0 Å². The zero-order chi connectivity index (χ0) is 14.9. The Morgan fingerprint density at radius 3 is 2.65 bits per heavy atom. The van der Waals surface area contributed by atoms with E-state index in [2.05, 4.69) is 33.4 Å². The molecule has 0 spiro atoms. The summed E-state index contributed by atoms with van der Waals surface area (Å²) in [5.41, 5.74) is 6.13. The average Bonchev–Trinajstić information content (AvgIpc) is 2.88. The van der Waals surface area contributed by atoms with Gasteiger partial charge in [-0.05, 0) is 49.7 Å². The van der Waals surface area contributed by atoms with E-state index >= 15 is 0 Å². The van der Waals surface area contributed by atoms with Crippen molar-refractivity contribution in [3.63, 3.8) is 0 Å². The third kappa shape index (κ3) is 2.82. The number of halogens is 1. The molecule has 0 aromatic carbocycles. The third-order valence-electron chi connectivity index (χ3n) is 3.51. The SMILES string of the molecule is CCn1nc(C)c(Br)c1CC(NN)c1cc(C)oc1C. The number of rotatable bonds is 5. The number of aromatic nitrogens is 2. The van der Waals surface area contributed by atoms with Crippen molar-refractivity contribution in [3.8, 4) is 0 Å². The second-order valence-electron chi connectivity index (χ2n) is 4.95. The zero-order valence-corrected chi connectivity index (χ0v) is 13.9. The molecule has 2 aromatic rings. The van der Waals surface area contributed by atoms with Crippen molar-refractivity contribution in [2.75, 3.05) is 0 Å². The fourth-order valence-electron chi connectivity index (χ4n) is 2.51. The predicted octanol–water partition coefficient (Wildman–Crippen LogP) is 2.93. The number of hydrazine groups is 1. The van der Waals surface area contributed by atoms with Crippen LogP contribution in [0.15, 0.2) is 15.0 Å². The van der Waals surface area contributed by atoms with Gasteiger partial charge in [0.05, 0.1) is 21.9 Å². The number of aryl methyl sites for hydroxylation is 4. The molecule has 0 aliphatic heterocycles. The fourth-order valence-corrected chi connectivity index (χ4v) is 2.96. The summed E-state index contributed by atoms with van der Waals surface area (Å²) in [6, 6.07) is 2.04. The molecule has 0 amide bonds. The summed E-state index contributed by atoms with van der Waals surface area (Å²) < 4.78 is 8.66. The normalized spacial score (nSPS) is 12.9. The molecule has 2 aromatic heterocycles. The Morgan fingerprint density at radius 1 is 1.45 bits per heavy atom. The molecule has 0 bridgehead atoms. The van der Waals surface area contributed by atoms with Crippen LogP contribution in [-0.2, 0) is 13.0 Å². The van der Waals surface area contributed by atoms with E-state index < -0.39 is 0 Å². The Bertz CT molecular complexity index is 603. The van der Waals surface area contributed by atoms with Gasteiger partial charge in [0.1, 0.15) is 11.5 Å². The summed E-state index contributed by atoms with van der Waals surface area (Å²) >= 11 is 3.62. The Hall–Kier alpha value is -1.11. The predicted molar refractivity (Wildman–Crippen MR) is 82.3 cm³/mol. The van der Waals surface area contributed by atoms with E-state index in [0.717, 1.165) is 45.9 Å². The summed E-state index contributed by atoms with van der Waals surface area (Å²) in [6.07, 6.45) is 0.756. The molecule has 110 valence electrons. The van der Waals surface area contributed by atoms with Gasteiger partial charge in [-0.25, -0.2) is 0 Å². The van der Waals surface area contributed by atoms with Crippen molar-refractivity contribution in [3.05, 3.63) is 39.0 Å². The Balaban J connectivity index is 2.34. The molecule has 0 aliphatic rings. The topological polar surface area (TPSA) is 69.0 Å². The molecule has 0 saturated heterocycles. The number of nitrogens with zero attached hydrogens (tertiary/aromatic N) is 2. The Labute approximate surface area is 127 Å². The maximum atomic E-state index is 5.74. The van der Waals surface area contributed by atoms with Gasteiger partial charge in [0.15, 0.2) is 0 Å². The highest BCUT2D eigenvalue weighted by Gasteiger charge is 2.21. The Morgan fingerprint density at radius 2 is 2.15 bits per heavy atom. The van der Waals surface area contributed by atoms with Crippen LogP contribution in [0.1, 0.15) is 41.4 Å². The van der Waals surface area contributed by atoms with Crippen LogP contribution in [0.4, 0.5) is 0 Å². The molecule has 1 atom stereocenters. The van der Waals surface area contributed by atoms with Crippen LogP contribution in [0.3, 0.4) is 0 Å². The van der Waals surface area contributed by atoms with Crippen LogP contribution in [-0.4, -0.2) is 9.78 Å². The number of hydrogen-bond acceptors (Lipinski definition) is 4. The van der Waals surface area contributed by atoms with Gasteiger partial charge in [-0.1, -0.05) is 0 Å². The molecule has 0 radical (unpaired) electrons. The van der Waals surface area contributed by atoms with Crippen LogP contribution in [0.5, 0.6) is 0 Å². The quantitative estimate of drug-likeness (QED) is 0.648. The summed E-state index contributed by atoms with van der Waals surface area (Å²) in [4.78, 5) is 0. The molecule has 6 heteroatoms. The van der Waals surface area contributed by atoms with Crippen molar-refractivity contribution in [1.29, 1.82) is 0 Å². The van der Waals surface area contributed by atoms with Crippen LogP contribution >= 0.6 is 15.9 Å². The fraction of sp³-hybridized carbons (Fsp3) is 0.500. The molecule has 5 nitrogen and oxygen atoms in total. The molecule has 0 saturated carbocycles. The first-order valence-corrected chi connectivity index (χ1v) is 7.52. The molecular weight excluding hydrogens is 320 g/mol. The lowest BCUT2D eigenvalue weighted by Gasteiger charge is -2.16. The first-order chi connectivity index (χ1) is 9.47. The summed E-state index contributed by atoms with van der Waals surface area (Å²) in [5.74, 6) is 7.55. The van der Waals surface area contributed by atoms with E-state index in [0.29, 0.717) is 0 Å². The van der Waals surface area contributed by atoms with E-state index in [1.54, 1.807) is 0 Å². The molecular formula is C14H21BrN4O. The summed E-state index contributed by atoms with van der Waals surface area (Å²) in [5, 5.41) is 4.52. The lowest BCUT2D eigenvalue weighted by atomic mass is 10.0. The minimum atomic E-state index is 0.00477. The maximum absolute atomic E-state index is 5.74. The second kappa shape index (κ2) is 6.11. The van der Waals surface area contributed by atoms with Crippen LogP contribution in [0.2, 0.25) is 0 Å². The third-order valence-corrected chi connectivity index (χ3v) is 4.54. The molecule has 20 heavy (non-hydrogen) atoms. The maximum Gasteiger partial charge on any atom is 0.105 e. The molecule has 1 unspecified atom stereocenters. The highest BCUT2D eigenvalue weighted by atomic mass is 79.9. The standard InChI is InChI=1S/C14H21BrN4O/c1-5-19-13(14(15)9(3)18-19)7-12(17-16)11-6-8(2)20-10(11)4/h6,12,17H,5,7,16H2,1-4H3. The smallest absolute Gasteiger partial charge is 0.105 e. The van der Waals surface area contributed by atoms with E-state index in [1.807, 2.05) is 31.5 Å². The van der Waals surface area contributed by atoms with Crippen LogP contribution in [0.25, 0.3) is 0 Å². The van der Waals surface area contributed by atoms with Gasteiger partial charge in [0, 0.05) is 18.5 Å². The highest BCUT2D eigenvalue weighted by Crippen LogP contribution is 2.28. The highest BCUT2D eigenvalue weighted by molar-refractivity contribution is 9.10. The van der Waals surface area contributed by atoms with Gasteiger partial charge in [-0.3, -0.25) is 16.0 Å². The van der Waals surface area contributed by atoms with E-state index in [1.165, 1.54) is 0 Å². The van der Waals surface area contributed by atoms with Crippen molar-refractivity contribution in [2.24, 2.45) is 5.84 Å². The summed E-state index contributed by atoms with van der Waals surface area (Å²) in [7, 11) is 0. The molecule has 0 fully saturated rings. The lowest BCUT2D eigenvalue weighted by molar-refractivity contribution is 0.477. The van der Waals surface area contributed by atoms with Gasteiger partial charge in [-0.15, -0.1) is 0 Å². The largest absolute Gasteiger partial charge is 0.466 e. The van der Waals surface area contributed by atoms with E-state index in [4.69, 9.17) is 10.3 Å². The van der Waals surface area contributed by atoms with Crippen molar-refractivity contribution in [1.82, 2.24) is 15.2 Å². The van der Waals surface area contributed by atoms with Crippen LogP contribution in [0, 0.1) is 20.8 Å². The van der Waals surface area contributed by atoms with Crippen molar-refractivity contribution < 1.29 is 4.42 Å². The minimum absolute atomic E-state index is 0.00477. The molecule has 2 rings (SSSR count). The van der Waals surface area contributed by atoms with Gasteiger partial charge in [0.25, 0.3) is 0 Å². The van der Waals surface area contributed by atoms with Gasteiger partial charge in [0.2, 0.25) is 0 Å². The monoisotopic (exact) mass is 340 g/mol. The van der Waals surface area contributed by atoms with Crippen LogP contribution < -0.4 is 11.3 Å². The minimum Gasteiger partial charge on any atom is -0.466 e. The molecule has 0 aliphatic carbocycles. The average molecular weight is 341 g/mol. The van der Waals surface area contributed by atoms with Crippen molar-refractivity contribution >= 4 is 15.9 Å². The van der Waals surface area contributed by atoms with Gasteiger partial charge in [-0.2, -0.15) is 5.10 Å². The van der Waals surface area contributed by atoms with Gasteiger partial charge < -0.3 is 4.42 Å². The van der Waals surface area contributed by atoms with E-state index in [-0.39, 0.29) is 6.04 Å². The number of furan rings is 1. The lowest BCUT2D eigenvalue weighted by Crippen LogP contribution is -2.30. The first kappa shape index (κ1) is 15.3. The van der Waals surface area contributed by atoms with E-state index in [9.17, 15) is 0 Å². The number of nitrogens with one attached hydrogen (secondary N) is 1. The van der Waals surface area contributed by atoms with Crippen molar-refractivity contribution in [2.45, 2.75) is 46.7 Å². The Kier molecular flexibility index (Phi) is 4.67. The molecule has 2 heterocycles. The second-order valence-corrected chi connectivity index (χ2v) is 5.75. The first-order valence-electron chi connectivity index (χ1n) is 6.72. The number of nitrogens with two attached hydrogens (primary N) is 1. The number of hydrogen-bond donors (Lipinski definition) is 2.